The Morgan fingerprint density at radius 2 is 2.00 bits per heavy atom. The summed E-state index contributed by atoms with van der Waals surface area (Å²) in [4.78, 5) is 0. The number of methoxy groups -OCH3 is 1. The van der Waals surface area contributed by atoms with Crippen LogP contribution in [0.1, 0.15) is 39.7 Å². The van der Waals surface area contributed by atoms with E-state index in [1.54, 1.807) is 7.11 Å². The third-order valence-corrected chi connectivity index (χ3v) is 3.86. The van der Waals surface area contributed by atoms with E-state index in [1.807, 2.05) is 12.1 Å². The molecule has 0 spiro atoms. The van der Waals surface area contributed by atoms with Crippen LogP contribution in [0.15, 0.2) is 22.7 Å². The Hall–Kier alpha value is -0.540. The first-order chi connectivity index (χ1) is 8.36. The zero-order valence-corrected chi connectivity index (χ0v) is 13.6. The van der Waals surface area contributed by atoms with E-state index in [1.165, 1.54) is 5.56 Å². The Morgan fingerprint density at radius 1 is 1.33 bits per heavy atom. The molecule has 0 aromatic heterocycles. The lowest BCUT2D eigenvalue weighted by molar-refractivity contribution is 0.411. The highest BCUT2D eigenvalue weighted by atomic mass is 79.9. The van der Waals surface area contributed by atoms with Gasteiger partial charge in [0.1, 0.15) is 5.75 Å². The molecule has 0 saturated heterocycles. The van der Waals surface area contributed by atoms with Crippen LogP contribution in [0, 0.1) is 0 Å². The molecule has 1 aromatic rings. The minimum atomic E-state index is 0.146. The minimum absolute atomic E-state index is 0.146. The van der Waals surface area contributed by atoms with E-state index in [0.29, 0.717) is 6.04 Å². The van der Waals surface area contributed by atoms with E-state index in [9.17, 15) is 0 Å². The number of benzene rings is 1. The van der Waals surface area contributed by atoms with E-state index in [-0.39, 0.29) is 5.41 Å². The fraction of sp³-hybridized carbons (Fsp3) is 0.600. The van der Waals surface area contributed by atoms with E-state index in [2.05, 4.69) is 55.0 Å². The molecule has 0 saturated carbocycles. The van der Waals surface area contributed by atoms with Gasteiger partial charge in [0.25, 0.3) is 0 Å². The van der Waals surface area contributed by atoms with Crippen molar-refractivity contribution in [2.24, 2.45) is 0 Å². The van der Waals surface area contributed by atoms with Gasteiger partial charge in [0.15, 0.2) is 0 Å². The fourth-order valence-electron chi connectivity index (χ4n) is 1.98. The molecule has 1 aromatic carbocycles. The predicted octanol–water partition coefficient (Wildman–Crippen LogP) is 4.12. The zero-order valence-electron chi connectivity index (χ0n) is 12.0. The van der Waals surface area contributed by atoms with Gasteiger partial charge in [-0.3, -0.25) is 0 Å². The monoisotopic (exact) mass is 313 g/mol. The number of hydrogen-bond donors (Lipinski definition) is 1. The molecule has 0 aliphatic heterocycles. The lowest BCUT2D eigenvalue weighted by atomic mass is 9.81. The summed E-state index contributed by atoms with van der Waals surface area (Å²) in [5.74, 6) is 0.890. The smallest absolute Gasteiger partial charge is 0.120 e. The molecule has 0 amide bonds. The van der Waals surface area contributed by atoms with Crippen molar-refractivity contribution in [3.63, 3.8) is 0 Å². The maximum atomic E-state index is 5.23. The molecule has 2 nitrogen and oxygen atoms in total. The van der Waals surface area contributed by atoms with Crippen molar-refractivity contribution in [3.05, 3.63) is 28.2 Å². The second-order valence-electron chi connectivity index (χ2n) is 5.59. The van der Waals surface area contributed by atoms with Gasteiger partial charge in [0.05, 0.1) is 7.11 Å². The lowest BCUT2D eigenvalue weighted by Gasteiger charge is -2.27. The summed E-state index contributed by atoms with van der Waals surface area (Å²) in [6.45, 7) is 9.94. The van der Waals surface area contributed by atoms with E-state index < -0.39 is 0 Å². The normalized spacial score (nSPS) is 11.9. The molecule has 1 N–H and O–H groups in total. The Balaban J connectivity index is 2.77. The lowest BCUT2D eigenvalue weighted by Crippen LogP contribution is -2.29. The summed E-state index contributed by atoms with van der Waals surface area (Å²) in [6, 6.07) is 6.75. The van der Waals surface area contributed by atoms with Crippen LogP contribution in [0.5, 0.6) is 5.75 Å². The van der Waals surface area contributed by atoms with Crippen LogP contribution in [0.3, 0.4) is 0 Å². The Bertz CT molecular complexity index is 388. The number of rotatable bonds is 6. The molecule has 0 unspecified atom stereocenters. The summed E-state index contributed by atoms with van der Waals surface area (Å²) < 4.78 is 6.35. The second kappa shape index (κ2) is 6.58. The molecule has 0 heterocycles. The maximum absolute atomic E-state index is 5.23. The first kappa shape index (κ1) is 15.5. The van der Waals surface area contributed by atoms with Gasteiger partial charge in [0, 0.05) is 10.5 Å². The van der Waals surface area contributed by atoms with Gasteiger partial charge in [-0.1, -0.05) is 49.7 Å². The molecule has 0 radical (unpaired) electrons. The van der Waals surface area contributed by atoms with Crippen molar-refractivity contribution in [1.29, 1.82) is 0 Å². The standard InChI is InChI=1S/C15H24BrNO/c1-11(2)17-9-8-15(3,4)13-7-6-12(18-5)10-14(13)16/h6-7,10-11,17H,8-9H2,1-5H3. The average molecular weight is 314 g/mol. The topological polar surface area (TPSA) is 21.3 Å². The fourth-order valence-corrected chi connectivity index (χ4v) is 2.87. The van der Waals surface area contributed by atoms with Gasteiger partial charge in [0.2, 0.25) is 0 Å². The van der Waals surface area contributed by atoms with Crippen LogP contribution >= 0.6 is 15.9 Å². The van der Waals surface area contributed by atoms with Crippen LogP contribution in [0.25, 0.3) is 0 Å². The van der Waals surface area contributed by atoms with E-state index in [4.69, 9.17) is 4.74 Å². The highest BCUT2D eigenvalue weighted by Crippen LogP contribution is 2.34. The first-order valence-electron chi connectivity index (χ1n) is 6.44. The summed E-state index contributed by atoms with van der Waals surface area (Å²) in [5.41, 5.74) is 1.47. The number of ether oxygens (including phenoxy) is 1. The van der Waals surface area contributed by atoms with Crippen LogP contribution in [-0.2, 0) is 5.41 Å². The largest absolute Gasteiger partial charge is 0.497 e. The van der Waals surface area contributed by atoms with Gasteiger partial charge in [-0.15, -0.1) is 0 Å². The summed E-state index contributed by atoms with van der Waals surface area (Å²) in [5, 5.41) is 3.47. The van der Waals surface area contributed by atoms with Gasteiger partial charge in [-0.05, 0) is 36.1 Å². The molecular weight excluding hydrogens is 290 g/mol. The van der Waals surface area contributed by atoms with Crippen molar-refractivity contribution in [3.8, 4) is 5.75 Å². The Labute approximate surface area is 119 Å². The van der Waals surface area contributed by atoms with Crippen molar-refractivity contribution in [1.82, 2.24) is 5.32 Å². The molecule has 0 aliphatic rings. The molecule has 102 valence electrons. The molecule has 18 heavy (non-hydrogen) atoms. The highest BCUT2D eigenvalue weighted by Gasteiger charge is 2.23. The van der Waals surface area contributed by atoms with Crippen LogP contribution in [0.4, 0.5) is 0 Å². The van der Waals surface area contributed by atoms with Gasteiger partial charge in [-0.2, -0.15) is 0 Å². The van der Waals surface area contributed by atoms with Crippen LogP contribution in [0.2, 0.25) is 0 Å². The quantitative estimate of drug-likeness (QED) is 0.853. The average Bonchev–Trinajstić information content (AvgIpc) is 2.27. The number of hydrogen-bond acceptors (Lipinski definition) is 2. The van der Waals surface area contributed by atoms with Gasteiger partial charge >= 0.3 is 0 Å². The van der Waals surface area contributed by atoms with E-state index in [0.717, 1.165) is 23.2 Å². The molecule has 0 atom stereocenters. The van der Waals surface area contributed by atoms with Crippen LogP contribution < -0.4 is 10.1 Å². The third-order valence-electron chi connectivity index (χ3n) is 3.21. The SMILES string of the molecule is COc1ccc(C(C)(C)CCNC(C)C)c(Br)c1. The van der Waals surface area contributed by atoms with Crippen molar-refractivity contribution < 1.29 is 4.74 Å². The molecular formula is C15H24BrNO. The van der Waals surface area contributed by atoms with Gasteiger partial charge in [-0.25, -0.2) is 0 Å². The predicted molar refractivity (Wildman–Crippen MR) is 81.5 cm³/mol. The third kappa shape index (κ3) is 4.29. The summed E-state index contributed by atoms with van der Waals surface area (Å²) in [7, 11) is 1.69. The molecule has 0 aliphatic carbocycles. The number of nitrogens with one attached hydrogen (secondary N) is 1. The first-order valence-corrected chi connectivity index (χ1v) is 7.23. The highest BCUT2D eigenvalue weighted by molar-refractivity contribution is 9.10. The Kier molecular flexibility index (Phi) is 5.67. The zero-order chi connectivity index (χ0) is 13.8. The molecule has 0 bridgehead atoms. The molecule has 1 rings (SSSR count). The van der Waals surface area contributed by atoms with Crippen molar-refractivity contribution in [2.75, 3.05) is 13.7 Å². The molecule has 0 fully saturated rings. The van der Waals surface area contributed by atoms with Gasteiger partial charge < -0.3 is 10.1 Å². The number of halogens is 1. The Morgan fingerprint density at radius 3 is 2.50 bits per heavy atom. The van der Waals surface area contributed by atoms with Crippen molar-refractivity contribution in [2.45, 2.75) is 45.6 Å². The second-order valence-corrected chi connectivity index (χ2v) is 6.44. The molecule has 3 heteroatoms. The summed E-state index contributed by atoms with van der Waals surface area (Å²) >= 11 is 3.64. The van der Waals surface area contributed by atoms with Crippen LogP contribution in [-0.4, -0.2) is 19.7 Å². The minimum Gasteiger partial charge on any atom is -0.497 e. The summed E-state index contributed by atoms with van der Waals surface area (Å²) in [6.07, 6.45) is 1.11. The van der Waals surface area contributed by atoms with E-state index >= 15 is 0 Å². The van der Waals surface area contributed by atoms with Crippen molar-refractivity contribution >= 4 is 15.9 Å². The maximum Gasteiger partial charge on any atom is 0.120 e.